The van der Waals surface area contributed by atoms with Crippen molar-refractivity contribution < 1.29 is 4.74 Å². The summed E-state index contributed by atoms with van der Waals surface area (Å²) < 4.78 is 7.40. The Kier molecular flexibility index (Phi) is 4.30. The summed E-state index contributed by atoms with van der Waals surface area (Å²) in [5.74, 6) is 1.04. The van der Waals surface area contributed by atoms with Crippen molar-refractivity contribution in [2.45, 2.75) is 31.7 Å². The van der Waals surface area contributed by atoms with Gasteiger partial charge in [-0.25, -0.2) is 0 Å². The first-order valence-corrected chi connectivity index (χ1v) is 6.00. The molecule has 1 unspecified atom stereocenters. The van der Waals surface area contributed by atoms with E-state index < -0.39 is 0 Å². The van der Waals surface area contributed by atoms with E-state index in [1.54, 1.807) is 6.33 Å². The predicted octanol–water partition coefficient (Wildman–Crippen LogP) is 0.516. The van der Waals surface area contributed by atoms with Gasteiger partial charge >= 0.3 is 0 Å². The predicted molar refractivity (Wildman–Crippen MR) is 61.2 cm³/mol. The summed E-state index contributed by atoms with van der Waals surface area (Å²) in [4.78, 5) is 0. The van der Waals surface area contributed by atoms with E-state index in [4.69, 9.17) is 4.74 Å². The zero-order chi connectivity index (χ0) is 11.2. The molecular formula is C11H20N4O. The van der Waals surface area contributed by atoms with E-state index in [1.807, 2.05) is 11.6 Å². The van der Waals surface area contributed by atoms with Crippen molar-refractivity contribution in [2.75, 3.05) is 19.8 Å². The first-order valence-electron chi connectivity index (χ1n) is 6.00. The van der Waals surface area contributed by atoms with Gasteiger partial charge in [-0.15, -0.1) is 10.2 Å². The zero-order valence-corrected chi connectivity index (χ0v) is 9.85. The van der Waals surface area contributed by atoms with Gasteiger partial charge in [0.15, 0.2) is 0 Å². The van der Waals surface area contributed by atoms with Gasteiger partial charge in [-0.2, -0.15) is 0 Å². The first-order chi connectivity index (χ1) is 7.86. The van der Waals surface area contributed by atoms with Gasteiger partial charge in [-0.05, 0) is 19.3 Å². The lowest BCUT2D eigenvalue weighted by molar-refractivity contribution is 0.142. The summed E-state index contributed by atoms with van der Waals surface area (Å²) in [5.41, 5.74) is 0. The minimum absolute atomic E-state index is 0.607. The van der Waals surface area contributed by atoms with Crippen molar-refractivity contribution in [3.8, 4) is 0 Å². The van der Waals surface area contributed by atoms with Crippen LogP contribution in [0.3, 0.4) is 0 Å². The lowest BCUT2D eigenvalue weighted by Crippen LogP contribution is -2.31. The molecular weight excluding hydrogens is 204 g/mol. The average Bonchev–Trinajstić information content (AvgIpc) is 2.55. The molecule has 1 N–H and O–H groups in total. The average molecular weight is 224 g/mol. The second kappa shape index (κ2) is 5.96. The maximum Gasteiger partial charge on any atom is 0.133 e. The third-order valence-electron chi connectivity index (χ3n) is 3.04. The summed E-state index contributed by atoms with van der Waals surface area (Å²) in [7, 11) is 1.98. The molecule has 1 aromatic rings. The Hall–Kier alpha value is -0.940. The molecule has 1 aliphatic heterocycles. The van der Waals surface area contributed by atoms with E-state index in [0.29, 0.717) is 6.04 Å². The van der Waals surface area contributed by atoms with Gasteiger partial charge in [0.1, 0.15) is 12.2 Å². The molecule has 0 spiro atoms. The van der Waals surface area contributed by atoms with E-state index in [2.05, 4.69) is 15.5 Å². The molecule has 0 aliphatic carbocycles. The molecule has 1 aromatic heterocycles. The minimum atomic E-state index is 0.607. The Morgan fingerprint density at radius 1 is 1.50 bits per heavy atom. The molecule has 1 fully saturated rings. The summed E-state index contributed by atoms with van der Waals surface area (Å²) in [6, 6.07) is 0.607. The smallest absolute Gasteiger partial charge is 0.133 e. The Morgan fingerprint density at radius 2 is 2.44 bits per heavy atom. The third-order valence-corrected chi connectivity index (χ3v) is 3.04. The van der Waals surface area contributed by atoms with Gasteiger partial charge in [0.25, 0.3) is 0 Å². The summed E-state index contributed by atoms with van der Waals surface area (Å²) in [5, 5.41) is 11.5. The van der Waals surface area contributed by atoms with Crippen LogP contribution in [0.5, 0.6) is 0 Å². The number of aryl methyl sites for hydroxylation is 1. The molecule has 0 aromatic carbocycles. The van der Waals surface area contributed by atoms with Gasteiger partial charge in [0.2, 0.25) is 0 Å². The van der Waals surface area contributed by atoms with Gasteiger partial charge < -0.3 is 14.6 Å². The Morgan fingerprint density at radius 3 is 3.25 bits per heavy atom. The number of hydrogen-bond acceptors (Lipinski definition) is 4. The van der Waals surface area contributed by atoms with Crippen LogP contribution >= 0.6 is 0 Å². The second-order valence-electron chi connectivity index (χ2n) is 4.30. The van der Waals surface area contributed by atoms with Crippen LogP contribution in [0.4, 0.5) is 0 Å². The first kappa shape index (κ1) is 11.5. The van der Waals surface area contributed by atoms with Gasteiger partial charge in [-0.3, -0.25) is 0 Å². The molecule has 1 atom stereocenters. The summed E-state index contributed by atoms with van der Waals surface area (Å²) >= 11 is 0. The van der Waals surface area contributed by atoms with E-state index >= 15 is 0 Å². The van der Waals surface area contributed by atoms with Crippen LogP contribution in [0.15, 0.2) is 6.33 Å². The van der Waals surface area contributed by atoms with Crippen LogP contribution < -0.4 is 5.32 Å². The highest BCUT2D eigenvalue weighted by Crippen LogP contribution is 2.07. The number of nitrogens with zero attached hydrogens (tertiary/aromatic N) is 3. The fourth-order valence-electron chi connectivity index (χ4n) is 2.03. The highest BCUT2D eigenvalue weighted by atomic mass is 16.5. The van der Waals surface area contributed by atoms with Gasteiger partial charge in [-0.1, -0.05) is 0 Å². The highest BCUT2D eigenvalue weighted by molar-refractivity contribution is 4.85. The number of nitrogens with one attached hydrogen (secondary N) is 1. The van der Waals surface area contributed by atoms with Crippen LogP contribution in [0.1, 0.15) is 25.1 Å². The SMILES string of the molecule is Cn1cnnc1CCNC1CCCOCC1. The highest BCUT2D eigenvalue weighted by Gasteiger charge is 2.11. The summed E-state index contributed by atoms with van der Waals surface area (Å²) in [6.45, 7) is 2.78. The maximum absolute atomic E-state index is 5.43. The lowest BCUT2D eigenvalue weighted by Gasteiger charge is -2.14. The van der Waals surface area contributed by atoms with E-state index in [9.17, 15) is 0 Å². The maximum atomic E-state index is 5.43. The third kappa shape index (κ3) is 3.28. The largest absolute Gasteiger partial charge is 0.381 e. The van der Waals surface area contributed by atoms with Crippen LogP contribution in [-0.2, 0) is 18.2 Å². The standard InChI is InChI=1S/C11H20N4O/c1-15-9-13-14-11(15)4-6-12-10-3-2-7-16-8-5-10/h9-10,12H,2-8H2,1H3. The molecule has 0 saturated carbocycles. The van der Waals surface area contributed by atoms with E-state index in [0.717, 1.165) is 38.4 Å². The van der Waals surface area contributed by atoms with Crippen molar-refractivity contribution in [1.82, 2.24) is 20.1 Å². The number of rotatable bonds is 4. The zero-order valence-electron chi connectivity index (χ0n) is 9.85. The Labute approximate surface area is 96.2 Å². The molecule has 0 bridgehead atoms. The molecule has 16 heavy (non-hydrogen) atoms. The quantitative estimate of drug-likeness (QED) is 0.810. The monoisotopic (exact) mass is 224 g/mol. The minimum Gasteiger partial charge on any atom is -0.381 e. The fourth-order valence-corrected chi connectivity index (χ4v) is 2.03. The number of hydrogen-bond donors (Lipinski definition) is 1. The number of ether oxygens (including phenoxy) is 1. The molecule has 0 radical (unpaired) electrons. The van der Waals surface area contributed by atoms with Crippen LogP contribution in [0.25, 0.3) is 0 Å². The molecule has 5 heteroatoms. The Balaban J connectivity index is 1.69. The van der Waals surface area contributed by atoms with Crippen molar-refractivity contribution in [3.05, 3.63) is 12.2 Å². The summed E-state index contributed by atoms with van der Waals surface area (Å²) in [6.07, 6.45) is 6.20. The molecule has 1 aliphatic rings. The van der Waals surface area contributed by atoms with Crippen molar-refractivity contribution in [1.29, 1.82) is 0 Å². The molecule has 2 rings (SSSR count). The van der Waals surface area contributed by atoms with Crippen molar-refractivity contribution in [3.63, 3.8) is 0 Å². The van der Waals surface area contributed by atoms with Crippen LogP contribution in [0, 0.1) is 0 Å². The van der Waals surface area contributed by atoms with Gasteiger partial charge in [0.05, 0.1) is 0 Å². The van der Waals surface area contributed by atoms with Crippen molar-refractivity contribution >= 4 is 0 Å². The number of aromatic nitrogens is 3. The van der Waals surface area contributed by atoms with Crippen LogP contribution in [0.2, 0.25) is 0 Å². The fraction of sp³-hybridized carbons (Fsp3) is 0.818. The normalized spacial score (nSPS) is 21.9. The molecule has 0 amide bonds. The molecule has 1 saturated heterocycles. The Bertz CT molecular complexity index is 305. The van der Waals surface area contributed by atoms with Gasteiger partial charge in [0, 0.05) is 39.3 Å². The topological polar surface area (TPSA) is 52.0 Å². The van der Waals surface area contributed by atoms with E-state index in [-0.39, 0.29) is 0 Å². The van der Waals surface area contributed by atoms with Crippen LogP contribution in [-0.4, -0.2) is 40.6 Å². The van der Waals surface area contributed by atoms with Crippen molar-refractivity contribution in [2.24, 2.45) is 7.05 Å². The lowest BCUT2D eigenvalue weighted by atomic mass is 10.1. The second-order valence-corrected chi connectivity index (χ2v) is 4.30. The van der Waals surface area contributed by atoms with E-state index in [1.165, 1.54) is 12.8 Å². The molecule has 2 heterocycles. The molecule has 5 nitrogen and oxygen atoms in total. The molecule has 90 valence electrons.